The molecule has 130 valence electrons. The van der Waals surface area contributed by atoms with E-state index in [4.69, 9.17) is 4.74 Å². The van der Waals surface area contributed by atoms with Gasteiger partial charge in [0.1, 0.15) is 11.2 Å². The highest BCUT2D eigenvalue weighted by Gasteiger charge is 2.78. The van der Waals surface area contributed by atoms with Crippen molar-refractivity contribution in [1.82, 2.24) is 0 Å². The third kappa shape index (κ3) is 1.58. The molecule has 1 heterocycles. The van der Waals surface area contributed by atoms with Crippen molar-refractivity contribution in [2.45, 2.75) is 83.0 Å². The summed E-state index contributed by atoms with van der Waals surface area (Å²) >= 11 is 0. The standard InChI is InChI=1S/C20H32O3/c1-5-16(2)10-11-17(3)14(12-16)6-8-19(22)18(4)13-23-20(17,19)9-7-15(18)21/h5,14-15,21-22H,1,6-13H2,2-4H3/t14-,15-,16-,17-,18+,19-,20+/m0/s1. The van der Waals surface area contributed by atoms with Gasteiger partial charge in [-0.05, 0) is 56.3 Å². The first-order chi connectivity index (χ1) is 10.7. The average molecular weight is 320 g/mol. The van der Waals surface area contributed by atoms with Gasteiger partial charge in [-0.2, -0.15) is 0 Å². The molecule has 3 heteroatoms. The summed E-state index contributed by atoms with van der Waals surface area (Å²) in [4.78, 5) is 0. The summed E-state index contributed by atoms with van der Waals surface area (Å²) in [6, 6.07) is 0. The van der Waals surface area contributed by atoms with Crippen LogP contribution in [-0.2, 0) is 4.74 Å². The van der Waals surface area contributed by atoms with Crippen LogP contribution < -0.4 is 0 Å². The molecule has 1 saturated heterocycles. The first-order valence-electron chi connectivity index (χ1n) is 9.34. The molecule has 0 aromatic rings. The number of hydrogen-bond acceptors (Lipinski definition) is 3. The van der Waals surface area contributed by atoms with Gasteiger partial charge >= 0.3 is 0 Å². The first kappa shape index (κ1) is 16.1. The van der Waals surface area contributed by atoms with Crippen LogP contribution in [0.1, 0.15) is 65.7 Å². The number of fused-ring (bicyclic) bond motifs is 1. The summed E-state index contributed by atoms with van der Waals surface area (Å²) in [7, 11) is 0. The number of hydrogen-bond donors (Lipinski definition) is 2. The minimum absolute atomic E-state index is 0.000417. The summed E-state index contributed by atoms with van der Waals surface area (Å²) in [5, 5.41) is 22.4. The minimum Gasteiger partial charge on any atom is -0.392 e. The van der Waals surface area contributed by atoms with Crippen molar-refractivity contribution in [3.8, 4) is 0 Å². The van der Waals surface area contributed by atoms with Gasteiger partial charge in [0.05, 0.1) is 12.7 Å². The maximum atomic E-state index is 11.8. The van der Waals surface area contributed by atoms with Crippen LogP contribution in [0, 0.1) is 22.2 Å². The molecule has 1 aliphatic heterocycles. The molecule has 0 unspecified atom stereocenters. The minimum atomic E-state index is -0.884. The Morgan fingerprint density at radius 2 is 1.78 bits per heavy atom. The van der Waals surface area contributed by atoms with E-state index in [0.717, 1.165) is 44.9 Å². The molecule has 2 bridgehead atoms. The van der Waals surface area contributed by atoms with E-state index in [-0.39, 0.29) is 10.8 Å². The fourth-order valence-electron chi connectivity index (χ4n) is 6.85. The lowest BCUT2D eigenvalue weighted by Gasteiger charge is -2.67. The van der Waals surface area contributed by atoms with Gasteiger partial charge in [-0.3, -0.25) is 0 Å². The van der Waals surface area contributed by atoms with Crippen molar-refractivity contribution in [2.75, 3.05) is 6.61 Å². The molecule has 0 aromatic carbocycles. The van der Waals surface area contributed by atoms with Crippen LogP contribution in [0.25, 0.3) is 0 Å². The monoisotopic (exact) mass is 320 g/mol. The normalized spacial score (nSPS) is 61.6. The van der Waals surface area contributed by atoms with E-state index in [9.17, 15) is 10.2 Å². The number of rotatable bonds is 1. The molecule has 7 atom stereocenters. The SMILES string of the molecule is C=C[C@@]1(C)CC[C@@]2(C)[C@@H](CC[C@@]3(O)[C@@]24CC[C@H](O)[C@@]3(C)CO4)C1. The molecular weight excluding hydrogens is 288 g/mol. The summed E-state index contributed by atoms with van der Waals surface area (Å²) in [5.74, 6) is 0.567. The van der Waals surface area contributed by atoms with Crippen molar-refractivity contribution in [3.05, 3.63) is 12.7 Å². The molecule has 0 aromatic heterocycles. The van der Waals surface area contributed by atoms with Crippen LogP contribution >= 0.6 is 0 Å². The zero-order chi connectivity index (χ0) is 16.7. The van der Waals surface area contributed by atoms with Gasteiger partial charge < -0.3 is 14.9 Å². The highest BCUT2D eigenvalue weighted by molar-refractivity contribution is 5.28. The molecule has 2 N–H and O–H groups in total. The quantitative estimate of drug-likeness (QED) is 0.728. The predicted molar refractivity (Wildman–Crippen MR) is 90.0 cm³/mol. The van der Waals surface area contributed by atoms with E-state index >= 15 is 0 Å². The van der Waals surface area contributed by atoms with E-state index in [1.165, 1.54) is 0 Å². The molecule has 3 saturated carbocycles. The Hall–Kier alpha value is -0.380. The zero-order valence-corrected chi connectivity index (χ0v) is 14.9. The predicted octanol–water partition coefficient (Wildman–Crippen LogP) is 3.44. The van der Waals surface area contributed by atoms with Crippen LogP contribution in [0.15, 0.2) is 12.7 Å². The summed E-state index contributed by atoms with van der Waals surface area (Å²) < 4.78 is 6.48. The molecule has 0 spiro atoms. The van der Waals surface area contributed by atoms with E-state index in [0.29, 0.717) is 12.5 Å². The molecule has 4 aliphatic rings. The van der Waals surface area contributed by atoms with Gasteiger partial charge in [-0.25, -0.2) is 0 Å². The molecular formula is C20H32O3. The van der Waals surface area contributed by atoms with Gasteiger partial charge in [0.15, 0.2) is 0 Å². The Bertz CT molecular complexity index is 543. The summed E-state index contributed by atoms with van der Waals surface area (Å²) in [6.07, 6.45) is 8.35. The van der Waals surface area contributed by atoms with Crippen LogP contribution in [-0.4, -0.2) is 34.1 Å². The highest BCUT2D eigenvalue weighted by atomic mass is 16.5. The fraction of sp³-hybridized carbons (Fsp3) is 0.900. The second-order valence-corrected chi connectivity index (χ2v) is 9.66. The maximum Gasteiger partial charge on any atom is 0.104 e. The smallest absolute Gasteiger partial charge is 0.104 e. The third-order valence-electron chi connectivity index (χ3n) is 8.84. The van der Waals surface area contributed by atoms with E-state index in [2.05, 4.69) is 26.5 Å². The molecule has 23 heavy (non-hydrogen) atoms. The Morgan fingerprint density at radius 1 is 1.04 bits per heavy atom. The van der Waals surface area contributed by atoms with E-state index < -0.39 is 22.7 Å². The largest absolute Gasteiger partial charge is 0.392 e. The number of aliphatic hydroxyl groups excluding tert-OH is 1. The van der Waals surface area contributed by atoms with Gasteiger partial charge in [0.25, 0.3) is 0 Å². The fourth-order valence-corrected chi connectivity index (χ4v) is 6.85. The third-order valence-corrected chi connectivity index (χ3v) is 8.84. The van der Waals surface area contributed by atoms with Gasteiger partial charge in [0, 0.05) is 10.8 Å². The van der Waals surface area contributed by atoms with Crippen molar-refractivity contribution in [1.29, 1.82) is 0 Å². The topological polar surface area (TPSA) is 49.7 Å². The van der Waals surface area contributed by atoms with E-state index in [1.54, 1.807) is 0 Å². The Kier molecular flexibility index (Phi) is 3.09. The lowest BCUT2D eigenvalue weighted by molar-refractivity contribution is -0.283. The molecule has 0 amide bonds. The number of ether oxygens (including phenoxy) is 1. The highest BCUT2D eigenvalue weighted by Crippen LogP contribution is 2.72. The second-order valence-electron chi connectivity index (χ2n) is 9.66. The van der Waals surface area contributed by atoms with Crippen LogP contribution in [0.5, 0.6) is 0 Å². The van der Waals surface area contributed by atoms with Crippen molar-refractivity contribution in [2.24, 2.45) is 22.2 Å². The summed E-state index contributed by atoms with van der Waals surface area (Å²) in [6.45, 7) is 11.3. The van der Waals surface area contributed by atoms with Crippen LogP contribution in [0.3, 0.4) is 0 Å². The average Bonchev–Trinajstić information content (AvgIpc) is 2.67. The Labute approximate surface area is 140 Å². The molecule has 0 radical (unpaired) electrons. The van der Waals surface area contributed by atoms with E-state index in [1.807, 2.05) is 6.92 Å². The summed E-state index contributed by atoms with van der Waals surface area (Å²) in [5.41, 5.74) is -1.66. The number of aliphatic hydroxyl groups is 2. The lowest BCUT2D eigenvalue weighted by Crippen LogP contribution is -2.74. The molecule has 4 rings (SSSR count). The van der Waals surface area contributed by atoms with Crippen molar-refractivity contribution in [3.63, 3.8) is 0 Å². The van der Waals surface area contributed by atoms with Crippen molar-refractivity contribution >= 4 is 0 Å². The first-order valence-corrected chi connectivity index (χ1v) is 9.34. The van der Waals surface area contributed by atoms with Gasteiger partial charge in [-0.15, -0.1) is 6.58 Å². The van der Waals surface area contributed by atoms with Crippen molar-refractivity contribution < 1.29 is 14.9 Å². The lowest BCUT2D eigenvalue weighted by atomic mass is 9.40. The second kappa shape index (κ2) is 4.42. The Morgan fingerprint density at radius 3 is 2.48 bits per heavy atom. The Balaban J connectivity index is 1.79. The van der Waals surface area contributed by atoms with Crippen LogP contribution in [0.2, 0.25) is 0 Å². The molecule has 3 nitrogen and oxygen atoms in total. The molecule has 3 aliphatic carbocycles. The maximum absolute atomic E-state index is 11.8. The number of allylic oxidation sites excluding steroid dienone is 1. The van der Waals surface area contributed by atoms with Gasteiger partial charge in [-0.1, -0.05) is 26.8 Å². The van der Waals surface area contributed by atoms with Crippen LogP contribution in [0.4, 0.5) is 0 Å². The zero-order valence-electron chi connectivity index (χ0n) is 14.9. The molecule has 4 fully saturated rings. The van der Waals surface area contributed by atoms with Gasteiger partial charge in [0.2, 0.25) is 0 Å².